The van der Waals surface area contributed by atoms with E-state index in [9.17, 15) is 5.11 Å². The fraction of sp³-hybridized carbons (Fsp3) is 0.0833. The number of ether oxygens (including phenoxy) is 1. The lowest BCUT2D eigenvalue weighted by atomic mass is 10.0. The maximum atomic E-state index is 11.0. The molecule has 3 aromatic heterocycles. The number of methoxy groups -OCH3 is 1. The van der Waals surface area contributed by atoms with E-state index in [1.807, 2.05) is 36.4 Å². The molecule has 0 bridgehead atoms. The van der Waals surface area contributed by atoms with Crippen molar-refractivity contribution in [1.82, 2.24) is 24.7 Å². The van der Waals surface area contributed by atoms with Crippen LogP contribution in [0.2, 0.25) is 0 Å². The summed E-state index contributed by atoms with van der Waals surface area (Å²) >= 11 is 0. The minimum absolute atomic E-state index is 0.0208. The number of fused-ring (bicyclic) bond motifs is 1. The Labute approximate surface area is 189 Å². The van der Waals surface area contributed by atoms with Crippen molar-refractivity contribution in [1.29, 1.82) is 5.41 Å². The molecule has 0 aliphatic rings. The number of hydrogen-bond acceptors (Lipinski definition) is 6. The van der Waals surface area contributed by atoms with Crippen LogP contribution in [0.3, 0.4) is 0 Å². The number of aromatic amines is 1. The molecule has 9 nitrogen and oxygen atoms in total. The van der Waals surface area contributed by atoms with Crippen LogP contribution in [0.4, 0.5) is 0 Å². The van der Waals surface area contributed by atoms with Gasteiger partial charge in [0, 0.05) is 36.0 Å². The molecule has 0 amide bonds. The van der Waals surface area contributed by atoms with Gasteiger partial charge in [-0.25, -0.2) is 9.97 Å². The van der Waals surface area contributed by atoms with Crippen LogP contribution in [0.1, 0.15) is 5.56 Å². The molecular weight excluding hydrogens is 418 g/mol. The summed E-state index contributed by atoms with van der Waals surface area (Å²) in [5, 5.41) is 23.1. The molecule has 9 heteroatoms. The highest BCUT2D eigenvalue weighted by molar-refractivity contribution is 5.98. The van der Waals surface area contributed by atoms with Crippen LogP contribution in [0, 0.1) is 5.41 Å². The first-order valence-corrected chi connectivity index (χ1v) is 10.2. The second-order valence-corrected chi connectivity index (χ2v) is 7.57. The van der Waals surface area contributed by atoms with Gasteiger partial charge in [0.2, 0.25) is 5.88 Å². The van der Waals surface area contributed by atoms with E-state index in [0.29, 0.717) is 34.2 Å². The van der Waals surface area contributed by atoms with Crippen molar-refractivity contribution in [3.63, 3.8) is 0 Å². The number of pyridine rings is 1. The molecule has 2 aromatic carbocycles. The number of hydrogen-bond donors (Lipinski definition) is 4. The Balaban J connectivity index is 1.50. The molecule has 5 N–H and O–H groups in total. The minimum Gasteiger partial charge on any atom is -0.504 e. The zero-order valence-corrected chi connectivity index (χ0v) is 18.0. The third-order valence-electron chi connectivity index (χ3n) is 5.48. The predicted octanol–water partition coefficient (Wildman–Crippen LogP) is 3.69. The predicted molar refractivity (Wildman–Crippen MR) is 126 cm³/mol. The monoisotopic (exact) mass is 439 g/mol. The zero-order chi connectivity index (χ0) is 23.1. The van der Waals surface area contributed by atoms with E-state index in [-0.39, 0.29) is 11.6 Å². The van der Waals surface area contributed by atoms with Crippen molar-refractivity contribution in [2.75, 3.05) is 7.11 Å². The van der Waals surface area contributed by atoms with Gasteiger partial charge in [-0.15, -0.1) is 0 Å². The maximum absolute atomic E-state index is 11.0. The van der Waals surface area contributed by atoms with Crippen LogP contribution in [-0.2, 0) is 7.05 Å². The Kier molecular flexibility index (Phi) is 4.78. The highest BCUT2D eigenvalue weighted by Gasteiger charge is 2.21. The molecule has 0 aliphatic carbocycles. The first-order chi connectivity index (χ1) is 15.9. The number of imidazole rings is 1. The molecule has 0 unspecified atom stereocenters. The number of amidine groups is 1. The van der Waals surface area contributed by atoms with Gasteiger partial charge in [0.1, 0.15) is 17.2 Å². The highest BCUT2D eigenvalue weighted by Crippen LogP contribution is 2.37. The van der Waals surface area contributed by atoms with Gasteiger partial charge >= 0.3 is 0 Å². The SMILES string of the molecule is COc1ccc(-c2ccc(-c3nn(C)c(-c4nc5ccc(C(=N)N)cc5[nH]4)c3O)cc2)cn1. The minimum atomic E-state index is -0.0208. The molecule has 3 heterocycles. The van der Waals surface area contributed by atoms with E-state index >= 15 is 0 Å². The molecule has 0 saturated carbocycles. The number of nitrogens with one attached hydrogen (secondary N) is 2. The van der Waals surface area contributed by atoms with E-state index in [4.69, 9.17) is 15.9 Å². The van der Waals surface area contributed by atoms with Gasteiger partial charge in [0.05, 0.1) is 18.1 Å². The quantitative estimate of drug-likeness (QED) is 0.243. The van der Waals surface area contributed by atoms with Crippen LogP contribution in [0.25, 0.3) is 44.9 Å². The van der Waals surface area contributed by atoms with E-state index in [2.05, 4.69) is 20.1 Å². The molecule has 33 heavy (non-hydrogen) atoms. The molecule has 0 atom stereocenters. The number of nitrogens with two attached hydrogens (primary N) is 1. The Hall–Kier alpha value is -4.66. The second-order valence-electron chi connectivity index (χ2n) is 7.57. The summed E-state index contributed by atoms with van der Waals surface area (Å²) < 4.78 is 6.70. The van der Waals surface area contributed by atoms with Crippen LogP contribution in [0.15, 0.2) is 60.8 Å². The van der Waals surface area contributed by atoms with Gasteiger partial charge in [0.15, 0.2) is 11.6 Å². The van der Waals surface area contributed by atoms with Gasteiger partial charge in [-0.05, 0) is 29.8 Å². The standard InChI is InChI=1S/C24H21N7O2/c1-31-21(24-28-17-9-7-15(23(25)26)11-18(17)29-24)22(32)20(30-31)14-5-3-13(4-6-14)16-8-10-19(33-2)27-12-16/h3-12,32H,1-2H3,(H3,25,26)(H,28,29). The molecule has 0 saturated heterocycles. The summed E-state index contributed by atoms with van der Waals surface area (Å²) in [5.74, 6) is 1.05. The van der Waals surface area contributed by atoms with Crippen molar-refractivity contribution in [2.45, 2.75) is 0 Å². The Bertz CT molecular complexity index is 1480. The summed E-state index contributed by atoms with van der Waals surface area (Å²) in [6.07, 6.45) is 1.75. The van der Waals surface area contributed by atoms with Gasteiger partial charge in [-0.1, -0.05) is 24.3 Å². The molecule has 5 aromatic rings. The van der Waals surface area contributed by atoms with Gasteiger partial charge in [-0.2, -0.15) is 5.10 Å². The Morgan fingerprint density at radius 2 is 1.79 bits per heavy atom. The Morgan fingerprint density at radius 3 is 2.45 bits per heavy atom. The molecule has 5 rings (SSSR count). The normalized spacial score (nSPS) is 11.1. The van der Waals surface area contributed by atoms with Gasteiger partial charge in [-0.3, -0.25) is 10.1 Å². The molecule has 0 aliphatic heterocycles. The first-order valence-electron chi connectivity index (χ1n) is 10.2. The fourth-order valence-corrected chi connectivity index (χ4v) is 3.75. The zero-order valence-electron chi connectivity index (χ0n) is 18.0. The Morgan fingerprint density at radius 1 is 1.06 bits per heavy atom. The highest BCUT2D eigenvalue weighted by atomic mass is 16.5. The smallest absolute Gasteiger partial charge is 0.212 e. The number of rotatable bonds is 5. The molecule has 164 valence electrons. The summed E-state index contributed by atoms with van der Waals surface area (Å²) in [5.41, 5.74) is 11.2. The van der Waals surface area contributed by atoms with Crippen molar-refractivity contribution in [3.8, 4) is 45.5 Å². The summed E-state index contributed by atoms with van der Waals surface area (Å²) in [6, 6.07) is 16.8. The largest absolute Gasteiger partial charge is 0.504 e. The molecule has 0 spiro atoms. The average molecular weight is 439 g/mol. The van der Waals surface area contributed by atoms with Gasteiger partial charge in [0.25, 0.3) is 0 Å². The molecular formula is C24H21N7O2. The van der Waals surface area contributed by atoms with E-state index in [1.165, 1.54) is 0 Å². The van der Waals surface area contributed by atoms with Crippen LogP contribution < -0.4 is 10.5 Å². The van der Waals surface area contributed by atoms with E-state index in [0.717, 1.165) is 22.2 Å². The van der Waals surface area contributed by atoms with E-state index in [1.54, 1.807) is 43.2 Å². The van der Waals surface area contributed by atoms with Crippen LogP contribution in [-0.4, -0.2) is 42.8 Å². The fourth-order valence-electron chi connectivity index (χ4n) is 3.75. The number of aromatic nitrogens is 5. The lowest BCUT2D eigenvalue weighted by Crippen LogP contribution is -2.10. The van der Waals surface area contributed by atoms with Crippen molar-refractivity contribution < 1.29 is 9.84 Å². The summed E-state index contributed by atoms with van der Waals surface area (Å²) in [4.78, 5) is 12.0. The van der Waals surface area contributed by atoms with Crippen molar-refractivity contribution in [3.05, 3.63) is 66.4 Å². The topological polar surface area (TPSA) is 139 Å². The number of H-pyrrole nitrogens is 1. The lowest BCUT2D eigenvalue weighted by molar-refractivity contribution is 0.398. The van der Waals surface area contributed by atoms with Crippen molar-refractivity contribution in [2.24, 2.45) is 12.8 Å². The number of aryl methyl sites for hydroxylation is 1. The van der Waals surface area contributed by atoms with Crippen LogP contribution >= 0.6 is 0 Å². The van der Waals surface area contributed by atoms with E-state index < -0.39 is 0 Å². The second kappa shape index (κ2) is 7.79. The number of nitrogens with zero attached hydrogens (tertiary/aromatic N) is 4. The number of nitrogen functional groups attached to an aromatic ring is 1. The third kappa shape index (κ3) is 3.55. The lowest BCUT2D eigenvalue weighted by Gasteiger charge is -2.04. The summed E-state index contributed by atoms with van der Waals surface area (Å²) in [6.45, 7) is 0. The number of benzene rings is 2. The molecule has 0 fully saturated rings. The average Bonchev–Trinajstić information content (AvgIpc) is 3.38. The third-order valence-corrected chi connectivity index (χ3v) is 5.48. The van der Waals surface area contributed by atoms with Crippen molar-refractivity contribution >= 4 is 16.9 Å². The van der Waals surface area contributed by atoms with Crippen LogP contribution in [0.5, 0.6) is 11.6 Å². The number of aromatic hydroxyl groups is 1. The van der Waals surface area contributed by atoms with Gasteiger partial charge < -0.3 is 20.6 Å². The molecule has 0 radical (unpaired) electrons. The first kappa shape index (κ1) is 20.3. The maximum Gasteiger partial charge on any atom is 0.212 e. The summed E-state index contributed by atoms with van der Waals surface area (Å²) in [7, 11) is 3.34.